The van der Waals surface area contributed by atoms with Crippen molar-refractivity contribution >= 4 is 11.7 Å². The van der Waals surface area contributed by atoms with Crippen LogP contribution in [0.2, 0.25) is 0 Å². The highest BCUT2D eigenvalue weighted by Crippen LogP contribution is 2.23. The molecule has 1 aromatic carbocycles. The molecule has 3 rings (SSSR count). The molecule has 1 amide bonds. The lowest BCUT2D eigenvalue weighted by Gasteiger charge is -2.40. The maximum atomic E-state index is 12.4. The van der Waals surface area contributed by atoms with Gasteiger partial charge in [0.2, 0.25) is 0 Å². The topological polar surface area (TPSA) is 49.9 Å². The van der Waals surface area contributed by atoms with Crippen LogP contribution in [0, 0.1) is 0 Å². The monoisotopic (exact) mass is 344 g/mol. The number of nitrogens with zero attached hydrogens (tertiary/aromatic N) is 2. The molecule has 0 aromatic heterocycles. The van der Waals surface area contributed by atoms with Gasteiger partial charge < -0.3 is 9.64 Å². The molecule has 1 aliphatic heterocycles. The van der Waals surface area contributed by atoms with Gasteiger partial charge in [0.25, 0.3) is 5.91 Å². The lowest BCUT2D eigenvalue weighted by molar-refractivity contribution is -0.135. The molecule has 0 unspecified atom stereocenters. The van der Waals surface area contributed by atoms with Gasteiger partial charge in [0.15, 0.2) is 12.4 Å². The van der Waals surface area contributed by atoms with Gasteiger partial charge in [-0.15, -0.1) is 0 Å². The summed E-state index contributed by atoms with van der Waals surface area (Å²) in [6.07, 6.45) is 6.66. The van der Waals surface area contributed by atoms with Crippen LogP contribution in [0.4, 0.5) is 0 Å². The maximum absolute atomic E-state index is 12.4. The van der Waals surface area contributed by atoms with Crippen LogP contribution in [-0.2, 0) is 4.79 Å². The van der Waals surface area contributed by atoms with E-state index >= 15 is 0 Å². The van der Waals surface area contributed by atoms with Crippen molar-refractivity contribution in [2.75, 3.05) is 32.8 Å². The van der Waals surface area contributed by atoms with E-state index in [9.17, 15) is 9.59 Å². The second-order valence-electron chi connectivity index (χ2n) is 7.05. The van der Waals surface area contributed by atoms with Gasteiger partial charge in [0.05, 0.1) is 5.56 Å². The summed E-state index contributed by atoms with van der Waals surface area (Å²) in [6.45, 7) is 4.96. The SMILES string of the molecule is CC(=O)c1ccccc1OCC(=O)N1CCN(C2CCCCC2)CC1. The van der Waals surface area contributed by atoms with E-state index in [0.717, 1.165) is 26.2 Å². The number of ether oxygens (including phenoxy) is 1. The second kappa shape index (κ2) is 8.48. The predicted octanol–water partition coefficient (Wildman–Crippen LogP) is 2.74. The highest BCUT2D eigenvalue weighted by atomic mass is 16.5. The molecule has 0 spiro atoms. The second-order valence-corrected chi connectivity index (χ2v) is 7.05. The van der Waals surface area contributed by atoms with Gasteiger partial charge in [0.1, 0.15) is 5.75 Å². The van der Waals surface area contributed by atoms with Crippen LogP contribution in [0.3, 0.4) is 0 Å². The van der Waals surface area contributed by atoms with Gasteiger partial charge in [-0.05, 0) is 31.9 Å². The van der Waals surface area contributed by atoms with Gasteiger partial charge in [0, 0.05) is 32.2 Å². The molecule has 0 radical (unpaired) electrons. The number of carbonyl (C=O) groups excluding carboxylic acids is 2. The maximum Gasteiger partial charge on any atom is 0.260 e. The Labute approximate surface area is 149 Å². The standard InChI is InChI=1S/C20H28N2O3/c1-16(23)18-9-5-6-10-19(18)25-15-20(24)22-13-11-21(12-14-22)17-7-3-2-4-8-17/h5-6,9-10,17H,2-4,7-8,11-15H2,1H3. The Balaban J connectivity index is 1.47. The minimum absolute atomic E-state index is 0.00153. The first-order chi connectivity index (χ1) is 12.1. The van der Waals surface area contributed by atoms with Crippen molar-refractivity contribution in [3.8, 4) is 5.75 Å². The molecular weight excluding hydrogens is 316 g/mol. The number of piperazine rings is 1. The molecule has 1 heterocycles. The molecule has 2 fully saturated rings. The first-order valence-electron chi connectivity index (χ1n) is 9.40. The summed E-state index contributed by atoms with van der Waals surface area (Å²) >= 11 is 0. The minimum Gasteiger partial charge on any atom is -0.483 e. The summed E-state index contributed by atoms with van der Waals surface area (Å²) in [4.78, 5) is 28.5. The molecule has 1 saturated carbocycles. The fraction of sp³-hybridized carbons (Fsp3) is 0.600. The van der Waals surface area contributed by atoms with Crippen LogP contribution in [0.25, 0.3) is 0 Å². The van der Waals surface area contributed by atoms with Crippen LogP contribution >= 0.6 is 0 Å². The number of rotatable bonds is 5. The Morgan fingerprint density at radius 3 is 2.40 bits per heavy atom. The fourth-order valence-electron chi connectivity index (χ4n) is 3.90. The zero-order chi connectivity index (χ0) is 17.6. The van der Waals surface area contributed by atoms with Crippen molar-refractivity contribution in [3.63, 3.8) is 0 Å². The van der Waals surface area contributed by atoms with Crippen molar-refractivity contribution in [1.29, 1.82) is 0 Å². The molecule has 0 N–H and O–H groups in total. The summed E-state index contributed by atoms with van der Waals surface area (Å²) in [6, 6.07) is 7.80. The van der Waals surface area contributed by atoms with E-state index in [4.69, 9.17) is 4.74 Å². The smallest absolute Gasteiger partial charge is 0.260 e. The van der Waals surface area contributed by atoms with E-state index < -0.39 is 0 Å². The number of amides is 1. The number of ketones is 1. The molecule has 2 aliphatic rings. The molecule has 1 saturated heterocycles. The van der Waals surface area contributed by atoms with E-state index in [2.05, 4.69) is 4.90 Å². The Kier molecular flexibility index (Phi) is 6.08. The number of benzene rings is 1. The number of carbonyl (C=O) groups is 2. The van der Waals surface area contributed by atoms with E-state index in [1.165, 1.54) is 39.0 Å². The normalized spacial score (nSPS) is 19.6. The van der Waals surface area contributed by atoms with Crippen LogP contribution in [0.15, 0.2) is 24.3 Å². The van der Waals surface area contributed by atoms with Crippen molar-refractivity contribution in [3.05, 3.63) is 29.8 Å². The van der Waals surface area contributed by atoms with Gasteiger partial charge in [-0.1, -0.05) is 31.4 Å². The van der Waals surface area contributed by atoms with Crippen molar-refractivity contribution in [2.24, 2.45) is 0 Å². The Hall–Kier alpha value is -1.88. The molecule has 1 aromatic rings. The summed E-state index contributed by atoms with van der Waals surface area (Å²) in [5.41, 5.74) is 0.525. The molecule has 1 aliphatic carbocycles. The highest BCUT2D eigenvalue weighted by Gasteiger charge is 2.27. The van der Waals surface area contributed by atoms with Crippen molar-refractivity contribution in [2.45, 2.75) is 45.1 Å². The number of hydrogen-bond acceptors (Lipinski definition) is 4. The van der Waals surface area contributed by atoms with Gasteiger partial charge in [-0.3, -0.25) is 14.5 Å². The number of para-hydroxylation sites is 1. The van der Waals surface area contributed by atoms with Gasteiger partial charge in [-0.25, -0.2) is 0 Å². The third-order valence-electron chi connectivity index (χ3n) is 5.38. The Bertz CT molecular complexity index is 603. The van der Waals surface area contributed by atoms with Gasteiger partial charge in [-0.2, -0.15) is 0 Å². The summed E-state index contributed by atoms with van der Waals surface area (Å²) in [5, 5.41) is 0. The predicted molar refractivity (Wildman–Crippen MR) is 97.0 cm³/mol. The average Bonchev–Trinajstić information content (AvgIpc) is 2.67. The zero-order valence-corrected chi connectivity index (χ0v) is 15.1. The van der Waals surface area contributed by atoms with Crippen molar-refractivity contribution in [1.82, 2.24) is 9.80 Å². The molecule has 5 nitrogen and oxygen atoms in total. The molecule has 25 heavy (non-hydrogen) atoms. The van der Waals surface area contributed by atoms with E-state index in [0.29, 0.717) is 17.4 Å². The summed E-state index contributed by atoms with van der Waals surface area (Å²) in [5.74, 6) is 0.440. The first-order valence-corrected chi connectivity index (χ1v) is 9.40. The number of hydrogen-bond donors (Lipinski definition) is 0. The summed E-state index contributed by atoms with van der Waals surface area (Å²) in [7, 11) is 0. The van der Waals surface area contributed by atoms with Crippen LogP contribution in [0.1, 0.15) is 49.4 Å². The van der Waals surface area contributed by atoms with E-state index in [1.54, 1.807) is 18.2 Å². The lowest BCUT2D eigenvalue weighted by atomic mass is 9.94. The van der Waals surface area contributed by atoms with Crippen molar-refractivity contribution < 1.29 is 14.3 Å². The van der Waals surface area contributed by atoms with E-state index in [-0.39, 0.29) is 18.3 Å². The molecule has 0 bridgehead atoms. The Morgan fingerprint density at radius 1 is 1.04 bits per heavy atom. The first kappa shape index (κ1) is 17.9. The zero-order valence-electron chi connectivity index (χ0n) is 15.1. The Morgan fingerprint density at radius 2 is 1.72 bits per heavy atom. The third kappa shape index (κ3) is 4.60. The molecular formula is C20H28N2O3. The molecule has 5 heteroatoms. The lowest BCUT2D eigenvalue weighted by Crippen LogP contribution is -2.53. The molecule has 136 valence electrons. The number of Topliss-reactive ketones (excluding diaryl/α,β-unsaturated/α-hetero) is 1. The molecule has 0 atom stereocenters. The highest BCUT2D eigenvalue weighted by molar-refractivity contribution is 5.96. The van der Waals surface area contributed by atoms with Crippen LogP contribution < -0.4 is 4.74 Å². The minimum atomic E-state index is -0.0517. The quantitative estimate of drug-likeness (QED) is 0.771. The van der Waals surface area contributed by atoms with Gasteiger partial charge >= 0.3 is 0 Å². The summed E-state index contributed by atoms with van der Waals surface area (Å²) < 4.78 is 5.63. The fourth-order valence-corrected chi connectivity index (χ4v) is 3.90. The van der Waals surface area contributed by atoms with Crippen LogP contribution in [0.5, 0.6) is 5.75 Å². The largest absolute Gasteiger partial charge is 0.483 e. The van der Waals surface area contributed by atoms with Crippen LogP contribution in [-0.4, -0.2) is 60.3 Å². The van der Waals surface area contributed by atoms with E-state index in [1.807, 2.05) is 11.0 Å². The average molecular weight is 344 g/mol. The third-order valence-corrected chi connectivity index (χ3v) is 5.38.